The average molecular weight is 248 g/mol. The molecule has 1 saturated heterocycles. The SMILES string of the molecule is N#Cc1nc(OC2CCNCC2)ccc1[N+](=O)[O-]. The van der Waals surface area contributed by atoms with Gasteiger partial charge >= 0.3 is 5.69 Å². The summed E-state index contributed by atoms with van der Waals surface area (Å²) in [6.07, 6.45) is 1.77. The lowest BCUT2D eigenvalue weighted by Crippen LogP contribution is -2.34. The number of nitro groups is 1. The highest BCUT2D eigenvalue weighted by atomic mass is 16.6. The molecule has 0 radical (unpaired) electrons. The van der Waals surface area contributed by atoms with Crippen LogP contribution in [0.5, 0.6) is 5.88 Å². The van der Waals surface area contributed by atoms with Gasteiger partial charge in [0.2, 0.25) is 11.6 Å². The lowest BCUT2D eigenvalue weighted by Gasteiger charge is -2.23. The molecule has 0 aromatic carbocycles. The van der Waals surface area contributed by atoms with Gasteiger partial charge in [-0.05, 0) is 25.9 Å². The zero-order valence-corrected chi connectivity index (χ0v) is 9.63. The van der Waals surface area contributed by atoms with Crippen molar-refractivity contribution in [1.82, 2.24) is 10.3 Å². The highest BCUT2D eigenvalue weighted by Crippen LogP contribution is 2.21. The number of hydrogen-bond acceptors (Lipinski definition) is 6. The van der Waals surface area contributed by atoms with Gasteiger partial charge in [-0.2, -0.15) is 10.2 Å². The van der Waals surface area contributed by atoms with Crippen LogP contribution >= 0.6 is 0 Å². The molecule has 0 atom stereocenters. The van der Waals surface area contributed by atoms with E-state index >= 15 is 0 Å². The van der Waals surface area contributed by atoms with Crippen LogP contribution in [0.4, 0.5) is 5.69 Å². The summed E-state index contributed by atoms with van der Waals surface area (Å²) in [6.45, 7) is 1.76. The van der Waals surface area contributed by atoms with E-state index in [9.17, 15) is 10.1 Å². The summed E-state index contributed by atoms with van der Waals surface area (Å²) in [5.41, 5.74) is -0.512. The third-order valence-corrected chi connectivity index (χ3v) is 2.72. The lowest BCUT2D eigenvalue weighted by molar-refractivity contribution is -0.385. The van der Waals surface area contributed by atoms with Crippen molar-refractivity contribution in [2.45, 2.75) is 18.9 Å². The molecule has 7 heteroatoms. The van der Waals surface area contributed by atoms with Gasteiger partial charge in [0.05, 0.1) is 4.92 Å². The number of aromatic nitrogens is 1. The fourth-order valence-electron chi connectivity index (χ4n) is 1.81. The summed E-state index contributed by atoms with van der Waals surface area (Å²) in [7, 11) is 0. The average Bonchev–Trinajstić information content (AvgIpc) is 2.39. The molecule has 1 aliphatic heterocycles. The van der Waals surface area contributed by atoms with E-state index in [1.807, 2.05) is 0 Å². The molecule has 94 valence electrons. The Kier molecular flexibility index (Phi) is 3.69. The summed E-state index contributed by atoms with van der Waals surface area (Å²) < 4.78 is 5.61. The van der Waals surface area contributed by atoms with Gasteiger partial charge < -0.3 is 10.1 Å². The maximum atomic E-state index is 10.6. The van der Waals surface area contributed by atoms with Crippen LogP contribution in [0.25, 0.3) is 0 Å². The monoisotopic (exact) mass is 248 g/mol. The molecular formula is C11H12N4O3. The summed E-state index contributed by atoms with van der Waals surface area (Å²) >= 11 is 0. The molecule has 0 aliphatic carbocycles. The molecule has 7 nitrogen and oxygen atoms in total. The fourth-order valence-corrected chi connectivity index (χ4v) is 1.81. The van der Waals surface area contributed by atoms with Crippen LogP contribution in [0.2, 0.25) is 0 Å². The second-order valence-electron chi connectivity index (χ2n) is 3.95. The van der Waals surface area contributed by atoms with Crippen molar-refractivity contribution in [2.75, 3.05) is 13.1 Å². The van der Waals surface area contributed by atoms with Gasteiger partial charge in [0, 0.05) is 12.1 Å². The van der Waals surface area contributed by atoms with Crippen LogP contribution in [-0.4, -0.2) is 29.1 Å². The van der Waals surface area contributed by atoms with Gasteiger partial charge in [-0.15, -0.1) is 0 Å². The Bertz CT molecular complexity index is 492. The highest BCUT2D eigenvalue weighted by Gasteiger charge is 2.19. The predicted molar refractivity (Wildman–Crippen MR) is 62.1 cm³/mol. The molecule has 18 heavy (non-hydrogen) atoms. The number of nitriles is 1. The van der Waals surface area contributed by atoms with E-state index in [-0.39, 0.29) is 23.4 Å². The first-order valence-corrected chi connectivity index (χ1v) is 5.63. The van der Waals surface area contributed by atoms with E-state index in [1.54, 1.807) is 6.07 Å². The quantitative estimate of drug-likeness (QED) is 0.632. The van der Waals surface area contributed by atoms with Gasteiger partial charge in [-0.25, -0.2) is 0 Å². The number of nitrogens with one attached hydrogen (secondary N) is 1. The Hall–Kier alpha value is -2.20. The number of pyridine rings is 1. The van der Waals surface area contributed by atoms with Gasteiger partial charge in [0.15, 0.2) is 0 Å². The minimum Gasteiger partial charge on any atom is -0.474 e. The van der Waals surface area contributed by atoms with Crippen molar-refractivity contribution in [3.63, 3.8) is 0 Å². The molecule has 0 spiro atoms. The Morgan fingerprint density at radius 2 is 2.22 bits per heavy atom. The summed E-state index contributed by atoms with van der Waals surface area (Å²) in [4.78, 5) is 13.9. The van der Waals surface area contributed by atoms with E-state index < -0.39 is 4.92 Å². The zero-order chi connectivity index (χ0) is 13.0. The van der Waals surface area contributed by atoms with Gasteiger partial charge in [-0.1, -0.05) is 0 Å². The van der Waals surface area contributed by atoms with Gasteiger partial charge in [-0.3, -0.25) is 10.1 Å². The number of ether oxygens (including phenoxy) is 1. The van der Waals surface area contributed by atoms with Crippen LogP contribution in [0.3, 0.4) is 0 Å². The number of rotatable bonds is 3. The molecule has 0 amide bonds. The molecule has 1 aromatic heterocycles. The van der Waals surface area contributed by atoms with Crippen molar-refractivity contribution < 1.29 is 9.66 Å². The topological polar surface area (TPSA) is 101 Å². The number of hydrogen-bond donors (Lipinski definition) is 1. The van der Waals surface area contributed by atoms with E-state index in [2.05, 4.69) is 10.3 Å². The summed E-state index contributed by atoms with van der Waals surface area (Å²) in [5.74, 6) is 0.268. The third-order valence-electron chi connectivity index (χ3n) is 2.72. The first-order chi connectivity index (χ1) is 8.70. The second kappa shape index (κ2) is 5.42. The lowest BCUT2D eigenvalue weighted by atomic mass is 10.1. The van der Waals surface area contributed by atoms with Crippen molar-refractivity contribution in [1.29, 1.82) is 5.26 Å². The Morgan fingerprint density at radius 3 is 2.83 bits per heavy atom. The van der Waals surface area contributed by atoms with Crippen LogP contribution in [0.1, 0.15) is 18.5 Å². The van der Waals surface area contributed by atoms with Crippen LogP contribution in [0.15, 0.2) is 12.1 Å². The molecule has 1 aliphatic rings. The molecule has 1 fully saturated rings. The summed E-state index contributed by atoms with van der Waals surface area (Å²) in [5, 5.41) is 22.7. The van der Waals surface area contributed by atoms with Crippen LogP contribution < -0.4 is 10.1 Å². The number of piperidine rings is 1. The van der Waals surface area contributed by atoms with E-state index in [0.29, 0.717) is 0 Å². The normalized spacial score (nSPS) is 15.9. The molecule has 2 rings (SSSR count). The highest BCUT2D eigenvalue weighted by molar-refractivity contribution is 5.45. The van der Waals surface area contributed by atoms with Gasteiger partial charge in [0.25, 0.3) is 0 Å². The molecule has 1 aromatic rings. The van der Waals surface area contributed by atoms with Crippen molar-refractivity contribution in [3.05, 3.63) is 27.9 Å². The first-order valence-electron chi connectivity index (χ1n) is 5.63. The second-order valence-corrected chi connectivity index (χ2v) is 3.95. The molecule has 1 N–H and O–H groups in total. The molecule has 2 heterocycles. The van der Waals surface area contributed by atoms with Crippen LogP contribution in [-0.2, 0) is 0 Å². The van der Waals surface area contributed by atoms with Crippen molar-refractivity contribution in [2.24, 2.45) is 0 Å². The predicted octanol–water partition coefficient (Wildman–Crippen LogP) is 0.992. The Morgan fingerprint density at radius 1 is 1.50 bits per heavy atom. The van der Waals surface area contributed by atoms with Crippen molar-refractivity contribution in [3.8, 4) is 11.9 Å². The third kappa shape index (κ3) is 2.73. The number of nitrogens with zero attached hydrogens (tertiary/aromatic N) is 3. The Balaban J connectivity index is 2.14. The van der Waals surface area contributed by atoms with E-state index in [4.69, 9.17) is 10.00 Å². The maximum absolute atomic E-state index is 10.6. The minimum atomic E-state index is -0.625. The zero-order valence-electron chi connectivity index (χ0n) is 9.63. The largest absolute Gasteiger partial charge is 0.474 e. The maximum Gasteiger partial charge on any atom is 0.305 e. The van der Waals surface area contributed by atoms with Gasteiger partial charge in [0.1, 0.15) is 12.2 Å². The summed E-state index contributed by atoms with van der Waals surface area (Å²) in [6, 6.07) is 4.39. The molecule has 0 unspecified atom stereocenters. The van der Waals surface area contributed by atoms with E-state index in [1.165, 1.54) is 12.1 Å². The smallest absolute Gasteiger partial charge is 0.305 e. The van der Waals surface area contributed by atoms with Crippen LogP contribution in [0, 0.1) is 21.4 Å². The first kappa shape index (κ1) is 12.3. The standard InChI is InChI=1S/C11H12N4O3/c12-7-9-10(15(16)17)1-2-11(14-9)18-8-3-5-13-6-4-8/h1-2,8,13H,3-6H2. The van der Waals surface area contributed by atoms with Crippen molar-refractivity contribution >= 4 is 5.69 Å². The molecule has 0 bridgehead atoms. The van der Waals surface area contributed by atoms with E-state index in [0.717, 1.165) is 25.9 Å². The fraction of sp³-hybridized carbons (Fsp3) is 0.455. The molecule has 0 saturated carbocycles. The molecular weight excluding hydrogens is 236 g/mol. The Labute approximate surface area is 104 Å². The minimum absolute atomic E-state index is 0.0479.